The van der Waals surface area contributed by atoms with Crippen molar-refractivity contribution in [3.05, 3.63) is 78.5 Å². The van der Waals surface area contributed by atoms with Crippen LogP contribution in [0.2, 0.25) is 0 Å². The Morgan fingerprint density at radius 3 is 2.48 bits per heavy atom. The summed E-state index contributed by atoms with van der Waals surface area (Å²) in [6, 6.07) is 17.2. The van der Waals surface area contributed by atoms with Crippen molar-refractivity contribution < 1.29 is 23.7 Å². The van der Waals surface area contributed by atoms with Gasteiger partial charge in [0.05, 0.1) is 36.9 Å². The summed E-state index contributed by atoms with van der Waals surface area (Å²) < 4.78 is 30.8. The molecule has 33 heavy (non-hydrogen) atoms. The van der Waals surface area contributed by atoms with E-state index in [1.807, 2.05) is 30.3 Å². The highest BCUT2D eigenvalue weighted by Crippen LogP contribution is 2.33. The summed E-state index contributed by atoms with van der Waals surface area (Å²) in [6.07, 6.45) is 0.872. The highest BCUT2D eigenvalue weighted by Gasteiger charge is 2.27. The molecule has 0 amide bonds. The van der Waals surface area contributed by atoms with Crippen molar-refractivity contribution in [2.24, 2.45) is 5.92 Å². The van der Waals surface area contributed by atoms with E-state index >= 15 is 0 Å². The zero-order valence-electron chi connectivity index (χ0n) is 17.5. The number of rotatable bonds is 6. The number of nitrogens with zero attached hydrogens (tertiary/aromatic N) is 3. The maximum atomic E-state index is 13.5. The van der Waals surface area contributed by atoms with Gasteiger partial charge in [-0.05, 0) is 42.5 Å². The third kappa shape index (κ3) is 4.75. The number of aromatic amines is 1. The van der Waals surface area contributed by atoms with Gasteiger partial charge in [-0.15, -0.1) is 0 Å². The lowest BCUT2D eigenvalue weighted by atomic mass is 10.1. The third-order valence-corrected chi connectivity index (χ3v) is 5.13. The van der Waals surface area contributed by atoms with E-state index in [0.717, 1.165) is 0 Å². The second kappa shape index (κ2) is 9.45. The fourth-order valence-electron chi connectivity index (χ4n) is 3.43. The molecule has 0 aliphatic carbocycles. The number of H-pyrrole nitrogens is 1. The number of benzene rings is 2. The summed E-state index contributed by atoms with van der Waals surface area (Å²) in [5.41, 5.74) is 2.39. The van der Waals surface area contributed by atoms with Gasteiger partial charge in [0, 0.05) is 17.7 Å². The summed E-state index contributed by atoms with van der Waals surface area (Å²) in [5.74, 6) is 0.642. The molecule has 2 aromatic carbocycles. The average Bonchev–Trinajstić information content (AvgIpc) is 3.31. The number of aromatic nitrogens is 4. The first-order chi connectivity index (χ1) is 16.2. The molecule has 1 saturated heterocycles. The summed E-state index contributed by atoms with van der Waals surface area (Å²) in [6.45, 7) is 0.694. The maximum absolute atomic E-state index is 13.5. The smallest absolute Gasteiger partial charge is 0.322 e. The van der Waals surface area contributed by atoms with E-state index in [-0.39, 0.29) is 24.4 Å². The Kier molecular flexibility index (Phi) is 6.07. The highest BCUT2D eigenvalue weighted by atomic mass is 19.1. The van der Waals surface area contributed by atoms with Crippen LogP contribution in [0.4, 0.5) is 4.39 Å². The van der Waals surface area contributed by atoms with E-state index < -0.39 is 6.29 Å². The molecule has 0 spiro atoms. The minimum atomic E-state index is -0.720. The molecule has 0 saturated carbocycles. The van der Waals surface area contributed by atoms with Gasteiger partial charge in [-0.25, -0.2) is 14.4 Å². The fraction of sp³-hybridized carbons (Fsp3) is 0.208. The SMILES string of the molecule is OCC1COC(c2nc(-c3ccc(F)cc3)c(-c3ccnc(Oc4ccccc4)n3)[nH]2)OC1. The van der Waals surface area contributed by atoms with Gasteiger partial charge in [0.25, 0.3) is 0 Å². The second-order valence-corrected chi connectivity index (χ2v) is 7.54. The molecule has 9 heteroatoms. The van der Waals surface area contributed by atoms with Crippen molar-refractivity contribution in [2.45, 2.75) is 6.29 Å². The number of para-hydroxylation sites is 1. The molecule has 1 aliphatic rings. The molecule has 8 nitrogen and oxygen atoms in total. The third-order valence-electron chi connectivity index (χ3n) is 5.13. The van der Waals surface area contributed by atoms with E-state index in [9.17, 15) is 9.50 Å². The Bertz CT molecular complexity index is 1210. The van der Waals surface area contributed by atoms with Crippen LogP contribution in [0, 0.1) is 11.7 Å². The number of halogens is 1. The standard InChI is InChI=1S/C24H21FN4O4/c25-17-8-6-16(7-9-17)20-21(29-22(28-20)23-31-13-15(12-30)14-32-23)19-10-11-26-24(27-19)33-18-4-2-1-3-5-18/h1-11,15,23,30H,12-14H2,(H,28,29). The van der Waals surface area contributed by atoms with Gasteiger partial charge in [-0.3, -0.25) is 0 Å². The second-order valence-electron chi connectivity index (χ2n) is 7.54. The normalized spacial score (nSPS) is 18.2. The van der Waals surface area contributed by atoms with Crippen LogP contribution in [0.1, 0.15) is 12.1 Å². The zero-order valence-corrected chi connectivity index (χ0v) is 17.5. The van der Waals surface area contributed by atoms with Crippen LogP contribution in [-0.2, 0) is 9.47 Å². The molecule has 2 aromatic heterocycles. The molecule has 5 rings (SSSR count). The van der Waals surface area contributed by atoms with Crippen LogP contribution in [0.5, 0.6) is 11.8 Å². The number of aliphatic hydroxyl groups excluding tert-OH is 1. The van der Waals surface area contributed by atoms with Crippen molar-refractivity contribution in [1.82, 2.24) is 19.9 Å². The Morgan fingerprint density at radius 2 is 1.76 bits per heavy atom. The molecule has 4 aromatic rings. The van der Waals surface area contributed by atoms with Crippen molar-refractivity contribution in [3.63, 3.8) is 0 Å². The van der Waals surface area contributed by atoms with Gasteiger partial charge in [-0.2, -0.15) is 4.98 Å². The van der Waals surface area contributed by atoms with Crippen LogP contribution < -0.4 is 4.74 Å². The molecule has 1 aliphatic heterocycles. The van der Waals surface area contributed by atoms with Crippen molar-refractivity contribution in [3.8, 4) is 34.4 Å². The van der Waals surface area contributed by atoms with Gasteiger partial charge in [0.15, 0.2) is 5.82 Å². The molecule has 0 unspecified atom stereocenters. The summed E-state index contributed by atoms with van der Waals surface area (Å²) in [5, 5.41) is 9.31. The minimum absolute atomic E-state index is 0.0118. The van der Waals surface area contributed by atoms with Crippen LogP contribution in [0.15, 0.2) is 66.9 Å². The quantitative estimate of drug-likeness (QED) is 0.457. The molecule has 1 fully saturated rings. The van der Waals surface area contributed by atoms with Crippen molar-refractivity contribution in [1.29, 1.82) is 0 Å². The molecule has 2 N–H and O–H groups in total. The molecular weight excluding hydrogens is 427 g/mol. The average molecular weight is 448 g/mol. The lowest BCUT2D eigenvalue weighted by Crippen LogP contribution is -2.29. The minimum Gasteiger partial charge on any atom is -0.424 e. The number of aliphatic hydroxyl groups is 1. The number of imidazole rings is 1. The molecule has 3 heterocycles. The van der Waals surface area contributed by atoms with E-state index in [1.54, 1.807) is 24.4 Å². The predicted molar refractivity (Wildman–Crippen MR) is 117 cm³/mol. The number of hydrogen-bond acceptors (Lipinski definition) is 7. The predicted octanol–water partition coefficient (Wildman–Crippen LogP) is 4.12. The van der Waals surface area contributed by atoms with E-state index in [0.29, 0.717) is 47.4 Å². The first-order valence-electron chi connectivity index (χ1n) is 10.5. The first-order valence-corrected chi connectivity index (χ1v) is 10.5. The van der Waals surface area contributed by atoms with E-state index in [4.69, 9.17) is 14.2 Å². The summed E-state index contributed by atoms with van der Waals surface area (Å²) in [7, 11) is 0. The zero-order chi connectivity index (χ0) is 22.6. The van der Waals surface area contributed by atoms with E-state index in [1.165, 1.54) is 12.1 Å². The highest BCUT2D eigenvalue weighted by molar-refractivity contribution is 5.76. The van der Waals surface area contributed by atoms with E-state index in [2.05, 4.69) is 19.9 Å². The lowest BCUT2D eigenvalue weighted by molar-refractivity contribution is -0.213. The molecule has 0 bridgehead atoms. The Labute approximate surface area is 189 Å². The Hall–Kier alpha value is -3.66. The van der Waals surface area contributed by atoms with Gasteiger partial charge in [-0.1, -0.05) is 18.2 Å². The topological polar surface area (TPSA) is 102 Å². The van der Waals surface area contributed by atoms with Crippen LogP contribution in [0.25, 0.3) is 22.6 Å². The van der Waals surface area contributed by atoms with Crippen molar-refractivity contribution in [2.75, 3.05) is 19.8 Å². The molecule has 0 atom stereocenters. The Balaban J connectivity index is 1.51. The van der Waals surface area contributed by atoms with Crippen LogP contribution in [-0.4, -0.2) is 44.9 Å². The summed E-state index contributed by atoms with van der Waals surface area (Å²) in [4.78, 5) is 16.7. The number of nitrogens with one attached hydrogen (secondary N) is 1. The first kappa shape index (κ1) is 21.2. The molecule has 168 valence electrons. The number of ether oxygens (including phenoxy) is 3. The van der Waals surface area contributed by atoms with Crippen LogP contribution >= 0.6 is 0 Å². The fourth-order valence-corrected chi connectivity index (χ4v) is 3.43. The maximum Gasteiger partial charge on any atom is 0.322 e. The van der Waals surface area contributed by atoms with Crippen LogP contribution in [0.3, 0.4) is 0 Å². The van der Waals surface area contributed by atoms with Gasteiger partial charge >= 0.3 is 6.01 Å². The van der Waals surface area contributed by atoms with Gasteiger partial charge in [0.2, 0.25) is 6.29 Å². The summed E-state index contributed by atoms with van der Waals surface area (Å²) >= 11 is 0. The van der Waals surface area contributed by atoms with Gasteiger partial charge in [0.1, 0.15) is 11.6 Å². The molecule has 0 radical (unpaired) electrons. The lowest BCUT2D eigenvalue weighted by Gasteiger charge is -2.26. The largest absolute Gasteiger partial charge is 0.424 e. The van der Waals surface area contributed by atoms with Crippen molar-refractivity contribution >= 4 is 0 Å². The number of hydrogen-bond donors (Lipinski definition) is 2. The molecular formula is C24H21FN4O4. The Morgan fingerprint density at radius 1 is 1.00 bits per heavy atom. The monoisotopic (exact) mass is 448 g/mol. The van der Waals surface area contributed by atoms with Gasteiger partial charge < -0.3 is 24.3 Å².